The van der Waals surface area contributed by atoms with Crippen molar-refractivity contribution in [1.82, 2.24) is 9.62 Å². The molecule has 1 amide bonds. The molecule has 152 valence electrons. The molecule has 0 radical (unpaired) electrons. The number of carbonyl (C=O) groups is 1. The fraction of sp³-hybridized carbons (Fsp3) is 0.350. The lowest BCUT2D eigenvalue weighted by molar-refractivity contribution is -0.121. The molecule has 6 nitrogen and oxygen atoms in total. The van der Waals surface area contributed by atoms with E-state index in [-0.39, 0.29) is 17.3 Å². The minimum Gasteiger partial charge on any atom is -0.370 e. The van der Waals surface area contributed by atoms with Crippen LogP contribution in [0.4, 0.5) is 5.69 Å². The summed E-state index contributed by atoms with van der Waals surface area (Å²) in [6, 6.07) is 14.0. The molecule has 0 aromatic heterocycles. The highest BCUT2D eigenvalue weighted by Gasteiger charge is 2.22. The van der Waals surface area contributed by atoms with Crippen molar-refractivity contribution in [3.63, 3.8) is 0 Å². The molecule has 0 atom stereocenters. The van der Waals surface area contributed by atoms with Crippen molar-refractivity contribution in [3.05, 3.63) is 59.1 Å². The fourth-order valence-electron chi connectivity index (χ4n) is 2.75. The highest BCUT2D eigenvalue weighted by Crippen LogP contribution is 2.17. The molecule has 1 N–H and O–H groups in total. The molecule has 0 unspecified atom stereocenters. The van der Waals surface area contributed by atoms with E-state index < -0.39 is 10.0 Å². The summed E-state index contributed by atoms with van der Waals surface area (Å²) in [6.45, 7) is 5.72. The van der Waals surface area contributed by atoms with Crippen molar-refractivity contribution >= 4 is 33.2 Å². The van der Waals surface area contributed by atoms with Crippen LogP contribution in [0, 0.1) is 6.92 Å². The van der Waals surface area contributed by atoms with Crippen molar-refractivity contribution in [3.8, 4) is 0 Å². The first kappa shape index (κ1) is 22.2. The van der Waals surface area contributed by atoms with E-state index in [0.717, 1.165) is 16.5 Å². The first-order chi connectivity index (χ1) is 13.2. The number of rotatable bonds is 9. The second-order valence-corrected chi connectivity index (χ2v) is 8.96. The highest BCUT2D eigenvalue weighted by atomic mass is 35.5. The Morgan fingerprint density at radius 2 is 1.82 bits per heavy atom. The Morgan fingerprint density at radius 3 is 2.43 bits per heavy atom. The maximum absolute atomic E-state index is 12.5. The first-order valence-corrected chi connectivity index (χ1v) is 10.9. The van der Waals surface area contributed by atoms with Crippen molar-refractivity contribution in [2.45, 2.75) is 18.7 Å². The second kappa shape index (κ2) is 9.91. The van der Waals surface area contributed by atoms with Gasteiger partial charge in [-0.05, 0) is 55.8 Å². The smallest absolute Gasteiger partial charge is 0.243 e. The molecule has 0 heterocycles. The average Bonchev–Trinajstić information content (AvgIpc) is 2.65. The molecule has 0 aliphatic rings. The summed E-state index contributed by atoms with van der Waals surface area (Å²) in [5, 5.41) is 3.24. The summed E-state index contributed by atoms with van der Waals surface area (Å²) < 4.78 is 26.1. The number of anilines is 1. The van der Waals surface area contributed by atoms with E-state index >= 15 is 0 Å². The van der Waals surface area contributed by atoms with Crippen molar-refractivity contribution in [2.24, 2.45) is 0 Å². The van der Waals surface area contributed by atoms with Gasteiger partial charge in [-0.1, -0.05) is 23.7 Å². The van der Waals surface area contributed by atoms with Crippen molar-refractivity contribution in [1.29, 1.82) is 0 Å². The first-order valence-electron chi connectivity index (χ1n) is 9.04. The van der Waals surface area contributed by atoms with Gasteiger partial charge in [-0.15, -0.1) is 0 Å². The van der Waals surface area contributed by atoms with E-state index in [2.05, 4.69) is 23.2 Å². The molecule has 0 saturated heterocycles. The fourth-order valence-corrected chi connectivity index (χ4v) is 4.01. The van der Waals surface area contributed by atoms with Crippen molar-refractivity contribution in [2.75, 3.05) is 38.1 Å². The van der Waals surface area contributed by atoms with Gasteiger partial charge < -0.3 is 10.2 Å². The molecule has 2 aromatic carbocycles. The van der Waals surface area contributed by atoms with Crippen LogP contribution >= 0.6 is 11.6 Å². The van der Waals surface area contributed by atoms with Gasteiger partial charge in [0.05, 0.1) is 11.4 Å². The lowest BCUT2D eigenvalue weighted by atomic mass is 10.2. The van der Waals surface area contributed by atoms with Crippen LogP contribution in [-0.2, 0) is 14.8 Å². The molecular formula is C20H26ClN3O3S. The number of aryl methyl sites for hydroxylation is 1. The number of nitrogens with one attached hydrogen (secondary N) is 1. The molecule has 0 spiro atoms. The van der Waals surface area contributed by atoms with Crippen LogP contribution in [0.1, 0.15) is 12.5 Å². The molecule has 0 aliphatic heterocycles. The maximum Gasteiger partial charge on any atom is 0.243 e. The SMILES string of the molecule is CCN(CCNC(=O)CN(C)S(=O)(=O)c1ccc(Cl)cc1)c1cccc(C)c1. The van der Waals surface area contributed by atoms with E-state index in [1.165, 1.54) is 36.9 Å². The number of likely N-dealkylation sites (N-methyl/N-ethyl adjacent to an activating group) is 2. The summed E-state index contributed by atoms with van der Waals surface area (Å²) in [5.74, 6) is -0.347. The van der Waals surface area contributed by atoms with Crippen LogP contribution in [0.25, 0.3) is 0 Å². The van der Waals surface area contributed by atoms with Crippen LogP contribution in [-0.4, -0.2) is 51.9 Å². The van der Waals surface area contributed by atoms with Gasteiger partial charge in [0.2, 0.25) is 15.9 Å². The minimum atomic E-state index is -3.74. The highest BCUT2D eigenvalue weighted by molar-refractivity contribution is 7.89. The number of nitrogens with zero attached hydrogens (tertiary/aromatic N) is 2. The van der Waals surface area contributed by atoms with Crippen LogP contribution in [0.2, 0.25) is 5.02 Å². The van der Waals surface area contributed by atoms with Gasteiger partial charge in [0, 0.05) is 37.4 Å². The summed E-state index contributed by atoms with van der Waals surface area (Å²) in [6.07, 6.45) is 0. The monoisotopic (exact) mass is 423 g/mol. The Kier molecular flexibility index (Phi) is 7.86. The summed E-state index contributed by atoms with van der Waals surface area (Å²) in [5.41, 5.74) is 2.27. The summed E-state index contributed by atoms with van der Waals surface area (Å²) in [7, 11) is -2.36. The molecule has 8 heteroatoms. The third-order valence-corrected chi connectivity index (χ3v) is 6.41. The Morgan fingerprint density at radius 1 is 1.14 bits per heavy atom. The van der Waals surface area contributed by atoms with Gasteiger partial charge in [-0.25, -0.2) is 8.42 Å². The largest absolute Gasteiger partial charge is 0.370 e. The normalized spacial score (nSPS) is 11.5. The van der Waals surface area contributed by atoms with E-state index in [0.29, 0.717) is 18.1 Å². The van der Waals surface area contributed by atoms with Gasteiger partial charge in [0.25, 0.3) is 0 Å². The lowest BCUT2D eigenvalue weighted by Gasteiger charge is -2.24. The zero-order valence-electron chi connectivity index (χ0n) is 16.4. The Balaban J connectivity index is 1.88. The van der Waals surface area contributed by atoms with E-state index in [4.69, 9.17) is 11.6 Å². The predicted octanol–water partition coefficient (Wildman–Crippen LogP) is 2.91. The third kappa shape index (κ3) is 5.95. The quantitative estimate of drug-likeness (QED) is 0.673. The Bertz CT molecular complexity index is 901. The van der Waals surface area contributed by atoms with Crippen molar-refractivity contribution < 1.29 is 13.2 Å². The number of carbonyl (C=O) groups excluding carboxylic acids is 1. The maximum atomic E-state index is 12.5. The minimum absolute atomic E-state index is 0.101. The predicted molar refractivity (Wildman–Crippen MR) is 113 cm³/mol. The third-order valence-electron chi connectivity index (χ3n) is 4.34. The summed E-state index contributed by atoms with van der Waals surface area (Å²) >= 11 is 5.80. The van der Waals surface area contributed by atoms with Crippen LogP contribution < -0.4 is 10.2 Å². The molecule has 28 heavy (non-hydrogen) atoms. The topological polar surface area (TPSA) is 69.7 Å². The van der Waals surface area contributed by atoms with E-state index in [1.54, 1.807) is 0 Å². The number of hydrogen-bond acceptors (Lipinski definition) is 4. The molecular weight excluding hydrogens is 398 g/mol. The van der Waals surface area contributed by atoms with Gasteiger partial charge in [-0.2, -0.15) is 4.31 Å². The Labute approximate surface area is 172 Å². The van der Waals surface area contributed by atoms with Crippen LogP contribution in [0.5, 0.6) is 0 Å². The number of hydrogen-bond donors (Lipinski definition) is 1. The zero-order chi connectivity index (χ0) is 20.7. The van der Waals surface area contributed by atoms with E-state index in [1.807, 2.05) is 25.1 Å². The van der Waals surface area contributed by atoms with Crippen LogP contribution in [0.3, 0.4) is 0 Å². The Hall–Kier alpha value is -2.09. The second-order valence-electron chi connectivity index (χ2n) is 6.48. The number of amides is 1. The molecule has 0 bridgehead atoms. The molecule has 2 rings (SSSR count). The van der Waals surface area contributed by atoms with Crippen LogP contribution in [0.15, 0.2) is 53.4 Å². The molecule has 2 aromatic rings. The average molecular weight is 424 g/mol. The number of sulfonamides is 1. The van der Waals surface area contributed by atoms with E-state index in [9.17, 15) is 13.2 Å². The molecule has 0 fully saturated rings. The van der Waals surface area contributed by atoms with Gasteiger partial charge >= 0.3 is 0 Å². The molecule has 0 aliphatic carbocycles. The lowest BCUT2D eigenvalue weighted by Crippen LogP contribution is -2.41. The van der Waals surface area contributed by atoms with Gasteiger partial charge in [0.1, 0.15) is 0 Å². The van der Waals surface area contributed by atoms with Gasteiger partial charge in [-0.3, -0.25) is 4.79 Å². The number of benzene rings is 2. The summed E-state index contributed by atoms with van der Waals surface area (Å²) in [4.78, 5) is 14.4. The van der Waals surface area contributed by atoms with Gasteiger partial charge in [0.15, 0.2) is 0 Å². The number of halogens is 1. The standard InChI is InChI=1S/C20H26ClN3O3S/c1-4-24(18-7-5-6-16(2)14-18)13-12-22-20(25)15-23(3)28(26,27)19-10-8-17(21)9-11-19/h5-11,14H,4,12-13,15H2,1-3H3,(H,22,25). The molecule has 0 saturated carbocycles. The zero-order valence-corrected chi connectivity index (χ0v) is 17.9.